The van der Waals surface area contributed by atoms with E-state index in [1.165, 1.54) is 0 Å². The van der Waals surface area contributed by atoms with Gasteiger partial charge in [0.15, 0.2) is 0 Å². The number of halogens is 1. The van der Waals surface area contributed by atoms with Crippen LogP contribution in [0.5, 0.6) is 0 Å². The maximum Gasteiger partial charge on any atom is 0.103 e. The van der Waals surface area contributed by atoms with Crippen LogP contribution in [0, 0.1) is 11.3 Å². The summed E-state index contributed by atoms with van der Waals surface area (Å²) >= 11 is 5.76. The molecule has 2 rings (SSSR count). The van der Waals surface area contributed by atoms with E-state index in [0.29, 0.717) is 22.0 Å². The van der Waals surface area contributed by atoms with Crippen molar-refractivity contribution in [3.8, 4) is 6.07 Å². The first kappa shape index (κ1) is 11.3. The van der Waals surface area contributed by atoms with Crippen molar-refractivity contribution in [1.29, 1.82) is 5.26 Å². The smallest absolute Gasteiger partial charge is 0.103 e. The third-order valence-electron chi connectivity index (χ3n) is 2.12. The van der Waals surface area contributed by atoms with Crippen molar-refractivity contribution in [2.75, 3.05) is 0 Å². The summed E-state index contributed by atoms with van der Waals surface area (Å²) in [5, 5.41) is 17.6. The second-order valence-corrected chi connectivity index (χ2v) is 3.74. The molecule has 2 aromatic carbocycles. The maximum atomic E-state index is 8.88. The minimum absolute atomic E-state index is 0.505. The molecule has 82 valence electrons. The van der Waals surface area contributed by atoms with Crippen LogP contribution in [-0.4, -0.2) is 0 Å². The molecule has 4 heteroatoms. The minimum Gasteiger partial charge on any atom is -0.192 e. The Labute approximate surface area is 104 Å². The van der Waals surface area contributed by atoms with E-state index >= 15 is 0 Å². The molecule has 0 aliphatic heterocycles. The Kier molecular flexibility index (Phi) is 3.49. The number of hydrogen-bond acceptors (Lipinski definition) is 3. The van der Waals surface area contributed by atoms with E-state index in [0.717, 1.165) is 0 Å². The lowest BCUT2D eigenvalue weighted by Gasteiger charge is -1.95. The average Bonchev–Trinajstić information content (AvgIpc) is 2.38. The minimum atomic E-state index is 0.505. The lowest BCUT2D eigenvalue weighted by atomic mass is 10.2. The number of rotatable bonds is 2. The fourth-order valence-corrected chi connectivity index (χ4v) is 1.40. The number of azo groups is 1. The molecule has 0 amide bonds. The van der Waals surface area contributed by atoms with E-state index in [4.69, 9.17) is 16.9 Å². The summed E-state index contributed by atoms with van der Waals surface area (Å²) in [4.78, 5) is 0. The second-order valence-electron chi connectivity index (χ2n) is 3.31. The van der Waals surface area contributed by atoms with Crippen LogP contribution in [0.2, 0.25) is 5.02 Å². The van der Waals surface area contributed by atoms with E-state index < -0.39 is 0 Å². The second kappa shape index (κ2) is 5.24. The average molecular weight is 242 g/mol. The fourth-order valence-electron chi connectivity index (χ4n) is 1.27. The molecule has 2 aromatic rings. The van der Waals surface area contributed by atoms with Crippen molar-refractivity contribution in [1.82, 2.24) is 0 Å². The number of nitriles is 1. The molecule has 0 atom stereocenters. The molecule has 0 heterocycles. The Morgan fingerprint density at radius 2 is 1.65 bits per heavy atom. The monoisotopic (exact) mass is 241 g/mol. The predicted molar refractivity (Wildman–Crippen MR) is 66.8 cm³/mol. The lowest BCUT2D eigenvalue weighted by molar-refractivity contribution is 1.22. The van der Waals surface area contributed by atoms with Crippen LogP contribution in [0.3, 0.4) is 0 Å². The van der Waals surface area contributed by atoms with Gasteiger partial charge in [-0.2, -0.15) is 10.4 Å². The van der Waals surface area contributed by atoms with Gasteiger partial charge in [-0.05, 0) is 36.4 Å². The van der Waals surface area contributed by atoms with Gasteiger partial charge in [-0.1, -0.05) is 23.7 Å². The van der Waals surface area contributed by atoms with E-state index in [-0.39, 0.29) is 0 Å². The Bertz CT molecular complexity index is 582. The molecule has 0 saturated carbocycles. The standard InChI is InChI=1S/C13H8ClN3/c14-11-5-7-12(8-6-11)16-17-13-4-2-1-3-10(13)9-15/h1-8H. The van der Waals surface area contributed by atoms with Crippen LogP contribution in [0.1, 0.15) is 5.56 Å². The molecule has 0 bridgehead atoms. The highest BCUT2D eigenvalue weighted by Crippen LogP contribution is 2.22. The SMILES string of the molecule is N#Cc1ccccc1N=Nc1ccc(Cl)cc1. The van der Waals surface area contributed by atoms with Gasteiger partial charge in [-0.3, -0.25) is 0 Å². The van der Waals surface area contributed by atoms with Crippen molar-refractivity contribution < 1.29 is 0 Å². The molecule has 17 heavy (non-hydrogen) atoms. The van der Waals surface area contributed by atoms with Gasteiger partial charge in [0.1, 0.15) is 11.8 Å². The van der Waals surface area contributed by atoms with Crippen molar-refractivity contribution in [2.45, 2.75) is 0 Å². The normalized spacial score (nSPS) is 10.4. The van der Waals surface area contributed by atoms with E-state index in [2.05, 4.69) is 16.3 Å². The first-order valence-electron chi connectivity index (χ1n) is 4.96. The molecular weight excluding hydrogens is 234 g/mol. The van der Waals surface area contributed by atoms with Gasteiger partial charge in [-0.25, -0.2) is 0 Å². The highest BCUT2D eigenvalue weighted by molar-refractivity contribution is 6.30. The quantitative estimate of drug-likeness (QED) is 0.707. The Balaban J connectivity index is 2.26. The number of nitrogens with zero attached hydrogens (tertiary/aromatic N) is 3. The first-order valence-corrected chi connectivity index (χ1v) is 5.34. The van der Waals surface area contributed by atoms with Crippen molar-refractivity contribution >= 4 is 23.0 Å². The van der Waals surface area contributed by atoms with Gasteiger partial charge < -0.3 is 0 Å². The first-order chi connectivity index (χ1) is 8.29. The summed E-state index contributed by atoms with van der Waals surface area (Å²) in [5.74, 6) is 0. The topological polar surface area (TPSA) is 48.5 Å². The van der Waals surface area contributed by atoms with Gasteiger partial charge >= 0.3 is 0 Å². The van der Waals surface area contributed by atoms with Gasteiger partial charge in [0.05, 0.1) is 11.3 Å². The van der Waals surface area contributed by atoms with Crippen LogP contribution in [0.25, 0.3) is 0 Å². The Hall–Kier alpha value is -2.18. The van der Waals surface area contributed by atoms with Crippen LogP contribution in [0.15, 0.2) is 58.8 Å². The van der Waals surface area contributed by atoms with E-state index in [9.17, 15) is 0 Å². The van der Waals surface area contributed by atoms with Crippen molar-refractivity contribution in [2.24, 2.45) is 10.2 Å². The van der Waals surface area contributed by atoms with E-state index in [1.54, 1.807) is 42.5 Å². The van der Waals surface area contributed by atoms with E-state index in [1.807, 2.05) is 6.07 Å². The third-order valence-corrected chi connectivity index (χ3v) is 2.38. The number of hydrogen-bond donors (Lipinski definition) is 0. The van der Waals surface area contributed by atoms with Crippen molar-refractivity contribution in [3.05, 3.63) is 59.1 Å². The van der Waals surface area contributed by atoms with Gasteiger partial charge in [0.2, 0.25) is 0 Å². The maximum absolute atomic E-state index is 8.88. The largest absolute Gasteiger partial charge is 0.192 e. The van der Waals surface area contributed by atoms with Crippen LogP contribution in [-0.2, 0) is 0 Å². The van der Waals surface area contributed by atoms with Gasteiger partial charge in [0.25, 0.3) is 0 Å². The van der Waals surface area contributed by atoms with Gasteiger partial charge in [0, 0.05) is 5.02 Å². The van der Waals surface area contributed by atoms with Crippen molar-refractivity contribution in [3.63, 3.8) is 0 Å². The third kappa shape index (κ3) is 2.90. The Morgan fingerprint density at radius 1 is 0.941 bits per heavy atom. The lowest BCUT2D eigenvalue weighted by Crippen LogP contribution is -1.73. The molecule has 3 nitrogen and oxygen atoms in total. The molecule has 0 fully saturated rings. The molecule has 0 N–H and O–H groups in total. The number of benzene rings is 2. The fraction of sp³-hybridized carbons (Fsp3) is 0. The molecule has 0 radical (unpaired) electrons. The molecule has 0 spiro atoms. The summed E-state index contributed by atoms with van der Waals surface area (Å²) in [7, 11) is 0. The molecule has 0 aromatic heterocycles. The zero-order valence-electron chi connectivity index (χ0n) is 8.84. The predicted octanol–water partition coefficient (Wildman–Crippen LogP) is 4.63. The summed E-state index contributed by atoms with van der Waals surface area (Å²) in [6.45, 7) is 0. The van der Waals surface area contributed by atoms with Crippen LogP contribution < -0.4 is 0 Å². The zero-order chi connectivity index (χ0) is 12.1. The molecular formula is C13H8ClN3. The molecule has 0 unspecified atom stereocenters. The highest BCUT2D eigenvalue weighted by atomic mass is 35.5. The summed E-state index contributed by atoms with van der Waals surface area (Å²) in [6.07, 6.45) is 0. The molecule has 0 saturated heterocycles. The summed E-state index contributed by atoms with van der Waals surface area (Å²) in [6, 6.07) is 16.1. The molecule has 0 aliphatic rings. The van der Waals surface area contributed by atoms with Crippen LogP contribution in [0.4, 0.5) is 11.4 Å². The molecule has 0 aliphatic carbocycles. The Morgan fingerprint density at radius 3 is 2.35 bits per heavy atom. The van der Waals surface area contributed by atoms with Gasteiger partial charge in [-0.15, -0.1) is 5.11 Å². The highest BCUT2D eigenvalue weighted by Gasteiger charge is 1.98. The van der Waals surface area contributed by atoms with Crippen LogP contribution >= 0.6 is 11.6 Å². The summed E-state index contributed by atoms with van der Waals surface area (Å²) in [5.41, 5.74) is 1.76. The zero-order valence-corrected chi connectivity index (χ0v) is 9.59. The summed E-state index contributed by atoms with van der Waals surface area (Å²) < 4.78 is 0.